The Bertz CT molecular complexity index is 926. The number of carbonyl (C=O) groups excluding carboxylic acids is 2. The van der Waals surface area contributed by atoms with Gasteiger partial charge in [-0.3, -0.25) is 4.79 Å². The maximum Gasteiger partial charge on any atom is 0.346 e. The van der Waals surface area contributed by atoms with Gasteiger partial charge in [-0.25, -0.2) is 9.78 Å². The van der Waals surface area contributed by atoms with Crippen molar-refractivity contribution in [2.75, 3.05) is 18.0 Å². The van der Waals surface area contributed by atoms with E-state index in [9.17, 15) is 9.59 Å². The molecule has 2 aromatic rings. The van der Waals surface area contributed by atoms with E-state index in [0.29, 0.717) is 15.6 Å². The van der Waals surface area contributed by atoms with Gasteiger partial charge in [0.05, 0.1) is 11.1 Å². The normalized spacial score (nSPS) is 22.9. The SMILES string of the molecule is C[C@]1(c2ccccc2)NC(=O)N(/N=C\c2sc(N3CCCCC3)nc2Cl)C1=O. The van der Waals surface area contributed by atoms with Crippen LogP contribution in [0.4, 0.5) is 9.93 Å². The zero-order chi connectivity index (χ0) is 19.7. The van der Waals surface area contributed by atoms with Gasteiger partial charge in [-0.1, -0.05) is 53.3 Å². The number of hydrazone groups is 1. The maximum absolute atomic E-state index is 12.9. The highest BCUT2D eigenvalue weighted by molar-refractivity contribution is 7.17. The molecule has 2 fully saturated rings. The van der Waals surface area contributed by atoms with E-state index in [2.05, 4.69) is 20.3 Å². The van der Waals surface area contributed by atoms with Crippen LogP contribution < -0.4 is 10.2 Å². The molecule has 0 spiro atoms. The highest BCUT2D eigenvalue weighted by Crippen LogP contribution is 2.31. The first-order valence-corrected chi connectivity index (χ1v) is 10.4. The summed E-state index contributed by atoms with van der Waals surface area (Å²) >= 11 is 7.66. The molecule has 3 amide bonds. The Morgan fingerprint density at radius 3 is 2.64 bits per heavy atom. The van der Waals surface area contributed by atoms with Gasteiger partial charge < -0.3 is 10.2 Å². The Hall–Kier alpha value is -2.45. The summed E-state index contributed by atoms with van der Waals surface area (Å²) in [5.41, 5.74) is -0.444. The topological polar surface area (TPSA) is 77.9 Å². The van der Waals surface area contributed by atoms with Crippen LogP contribution in [0.2, 0.25) is 5.15 Å². The predicted octanol–water partition coefficient (Wildman–Crippen LogP) is 3.59. The largest absolute Gasteiger partial charge is 0.348 e. The number of halogens is 1. The molecule has 2 saturated heterocycles. The lowest BCUT2D eigenvalue weighted by atomic mass is 9.92. The fraction of sp³-hybridized carbons (Fsp3) is 0.368. The fourth-order valence-corrected chi connectivity index (χ4v) is 4.58. The van der Waals surface area contributed by atoms with Crippen molar-refractivity contribution in [2.45, 2.75) is 31.7 Å². The van der Waals surface area contributed by atoms with Crippen LogP contribution >= 0.6 is 22.9 Å². The van der Waals surface area contributed by atoms with Crippen LogP contribution in [0.3, 0.4) is 0 Å². The molecule has 0 radical (unpaired) electrons. The quantitative estimate of drug-likeness (QED) is 0.609. The number of amides is 3. The molecule has 2 aliphatic heterocycles. The van der Waals surface area contributed by atoms with E-state index >= 15 is 0 Å². The number of nitrogens with one attached hydrogen (secondary N) is 1. The number of urea groups is 1. The molecular formula is C19H20ClN5O2S. The average molecular weight is 418 g/mol. The van der Waals surface area contributed by atoms with Gasteiger partial charge in [-0.2, -0.15) is 5.10 Å². The molecule has 146 valence electrons. The third kappa shape index (κ3) is 3.38. The number of anilines is 1. The second-order valence-corrected chi connectivity index (χ2v) is 8.35. The van der Waals surface area contributed by atoms with E-state index in [1.165, 1.54) is 24.0 Å². The van der Waals surface area contributed by atoms with Crippen LogP contribution in [-0.2, 0) is 10.3 Å². The second-order valence-electron chi connectivity index (χ2n) is 6.98. The van der Waals surface area contributed by atoms with Crippen LogP contribution in [0.1, 0.15) is 36.6 Å². The van der Waals surface area contributed by atoms with Crippen LogP contribution in [0.15, 0.2) is 35.4 Å². The number of aromatic nitrogens is 1. The smallest absolute Gasteiger partial charge is 0.346 e. The number of hydrogen-bond donors (Lipinski definition) is 1. The van der Waals surface area contributed by atoms with Crippen molar-refractivity contribution in [2.24, 2.45) is 5.10 Å². The number of imide groups is 1. The summed E-state index contributed by atoms with van der Waals surface area (Å²) in [5, 5.41) is 8.86. The van der Waals surface area contributed by atoms with E-state index in [4.69, 9.17) is 11.6 Å². The van der Waals surface area contributed by atoms with Crippen molar-refractivity contribution < 1.29 is 9.59 Å². The van der Waals surface area contributed by atoms with Gasteiger partial charge in [0.25, 0.3) is 5.91 Å². The van der Waals surface area contributed by atoms with Gasteiger partial charge in [0.1, 0.15) is 5.54 Å². The molecule has 9 heteroatoms. The van der Waals surface area contributed by atoms with Gasteiger partial charge in [0.15, 0.2) is 10.3 Å². The summed E-state index contributed by atoms with van der Waals surface area (Å²) in [6, 6.07) is 8.54. The van der Waals surface area contributed by atoms with Crippen molar-refractivity contribution in [3.05, 3.63) is 45.9 Å². The molecule has 1 atom stereocenters. The Labute approximate surface area is 172 Å². The molecule has 3 heterocycles. The number of rotatable bonds is 4. The summed E-state index contributed by atoms with van der Waals surface area (Å²) in [4.78, 5) is 32.5. The number of benzene rings is 1. The highest BCUT2D eigenvalue weighted by atomic mass is 35.5. The fourth-order valence-electron chi connectivity index (χ4n) is 3.41. The molecule has 1 aromatic carbocycles. The highest BCUT2D eigenvalue weighted by Gasteiger charge is 2.49. The van der Waals surface area contributed by atoms with Gasteiger partial charge in [0, 0.05) is 13.1 Å². The minimum absolute atomic E-state index is 0.326. The second kappa shape index (κ2) is 7.52. The monoisotopic (exact) mass is 417 g/mol. The molecule has 0 aliphatic carbocycles. The lowest BCUT2D eigenvalue weighted by Crippen LogP contribution is -2.40. The summed E-state index contributed by atoms with van der Waals surface area (Å²) < 4.78 is 0. The van der Waals surface area contributed by atoms with Crippen molar-refractivity contribution in [3.8, 4) is 0 Å². The number of thiazole rings is 1. The number of carbonyl (C=O) groups is 2. The van der Waals surface area contributed by atoms with Gasteiger partial charge in [-0.05, 0) is 31.7 Å². The van der Waals surface area contributed by atoms with E-state index in [-0.39, 0.29) is 0 Å². The van der Waals surface area contributed by atoms with E-state index < -0.39 is 17.5 Å². The maximum atomic E-state index is 12.9. The Morgan fingerprint density at radius 1 is 1.21 bits per heavy atom. The minimum Gasteiger partial charge on any atom is -0.348 e. The minimum atomic E-state index is -1.15. The zero-order valence-corrected chi connectivity index (χ0v) is 17.0. The van der Waals surface area contributed by atoms with Gasteiger partial charge in [0.2, 0.25) is 0 Å². The molecule has 1 N–H and O–H groups in total. The predicted molar refractivity (Wildman–Crippen MR) is 110 cm³/mol. The molecule has 0 bridgehead atoms. The third-order valence-corrected chi connectivity index (χ3v) is 6.49. The summed E-state index contributed by atoms with van der Waals surface area (Å²) in [6.45, 7) is 3.60. The lowest BCUT2D eigenvalue weighted by Gasteiger charge is -2.25. The number of nitrogens with zero attached hydrogens (tertiary/aromatic N) is 4. The molecule has 1 aromatic heterocycles. The molecular weight excluding hydrogens is 398 g/mol. The molecule has 0 unspecified atom stereocenters. The third-order valence-electron chi connectivity index (χ3n) is 5.04. The number of hydrogen-bond acceptors (Lipinski definition) is 6. The molecule has 0 saturated carbocycles. The summed E-state index contributed by atoms with van der Waals surface area (Å²) in [5.74, 6) is -0.433. The van der Waals surface area contributed by atoms with Crippen molar-refractivity contribution in [1.82, 2.24) is 15.3 Å². The number of piperidine rings is 1. The molecule has 28 heavy (non-hydrogen) atoms. The summed E-state index contributed by atoms with van der Waals surface area (Å²) in [7, 11) is 0. The van der Waals surface area contributed by atoms with Crippen molar-refractivity contribution in [1.29, 1.82) is 0 Å². The molecule has 4 rings (SSSR count). The molecule has 2 aliphatic rings. The van der Waals surface area contributed by atoms with E-state index in [0.717, 1.165) is 36.1 Å². The first-order chi connectivity index (χ1) is 13.5. The first-order valence-electron chi connectivity index (χ1n) is 9.16. The van der Waals surface area contributed by atoms with Crippen molar-refractivity contribution >= 4 is 46.2 Å². The van der Waals surface area contributed by atoms with Gasteiger partial charge >= 0.3 is 6.03 Å². The first kappa shape index (κ1) is 18.9. The van der Waals surface area contributed by atoms with Gasteiger partial charge in [-0.15, -0.1) is 5.01 Å². The Morgan fingerprint density at radius 2 is 1.93 bits per heavy atom. The average Bonchev–Trinajstić information content (AvgIpc) is 3.19. The summed E-state index contributed by atoms with van der Waals surface area (Å²) in [6.07, 6.45) is 4.94. The Kier molecular flexibility index (Phi) is 5.07. The van der Waals surface area contributed by atoms with Crippen LogP contribution in [-0.4, -0.2) is 41.2 Å². The van der Waals surface area contributed by atoms with Crippen molar-refractivity contribution in [3.63, 3.8) is 0 Å². The lowest BCUT2D eigenvalue weighted by molar-refractivity contribution is -0.131. The standard InChI is InChI=1S/C19H20ClN5O2S/c1-19(13-8-4-2-5-9-13)16(26)25(17(27)23-19)21-12-14-15(20)22-18(28-14)24-10-6-3-7-11-24/h2,4-5,8-9,12H,3,6-7,10-11H2,1H3,(H,23,27)/b21-12-/t19-/m1/s1. The van der Waals surface area contributed by atoms with E-state index in [1.54, 1.807) is 19.1 Å². The zero-order valence-electron chi connectivity index (χ0n) is 15.4. The molecule has 7 nitrogen and oxygen atoms in total. The van der Waals surface area contributed by atoms with Crippen LogP contribution in [0, 0.1) is 0 Å². The van der Waals surface area contributed by atoms with Crippen LogP contribution in [0.5, 0.6) is 0 Å². The Balaban J connectivity index is 1.54. The van der Waals surface area contributed by atoms with Crippen LogP contribution in [0.25, 0.3) is 0 Å². The van der Waals surface area contributed by atoms with E-state index in [1.807, 2.05) is 18.2 Å².